The van der Waals surface area contributed by atoms with E-state index in [1.54, 1.807) is 25.2 Å². The summed E-state index contributed by atoms with van der Waals surface area (Å²) in [6.45, 7) is 7.09. The molecule has 12 heteroatoms. The van der Waals surface area contributed by atoms with Gasteiger partial charge in [-0.3, -0.25) is 14.4 Å². The molecule has 0 radical (unpaired) electrons. The van der Waals surface area contributed by atoms with Crippen molar-refractivity contribution in [2.75, 3.05) is 32.8 Å². The van der Waals surface area contributed by atoms with Crippen molar-refractivity contribution in [3.63, 3.8) is 0 Å². The van der Waals surface area contributed by atoms with Gasteiger partial charge >= 0.3 is 0 Å². The van der Waals surface area contributed by atoms with Crippen LogP contribution in [-0.2, 0) is 35.4 Å². The van der Waals surface area contributed by atoms with Crippen molar-refractivity contribution in [3.8, 4) is 17.1 Å². The predicted molar refractivity (Wildman–Crippen MR) is 163 cm³/mol. The Balaban J connectivity index is 1.42. The topological polar surface area (TPSA) is 113 Å². The van der Waals surface area contributed by atoms with Crippen molar-refractivity contribution in [2.45, 2.75) is 43.5 Å². The number of sulfonamides is 1. The fourth-order valence-corrected chi connectivity index (χ4v) is 7.01. The summed E-state index contributed by atoms with van der Waals surface area (Å²) < 4.78 is 36.4. The third-order valence-corrected chi connectivity index (χ3v) is 9.85. The lowest BCUT2D eigenvalue weighted by Crippen LogP contribution is -2.48. The Morgan fingerprint density at radius 2 is 1.73 bits per heavy atom. The minimum Gasteiger partial charge on any atom is -0.493 e. The summed E-state index contributed by atoms with van der Waals surface area (Å²) in [6.07, 6.45) is 1.53. The number of H-pyrrole nitrogens is 1. The van der Waals surface area contributed by atoms with Crippen LogP contribution in [0.1, 0.15) is 37.1 Å². The van der Waals surface area contributed by atoms with E-state index in [9.17, 15) is 13.2 Å². The molecule has 4 aromatic rings. The number of rotatable bonds is 10. The fourth-order valence-electron chi connectivity index (χ4n) is 5.18. The summed E-state index contributed by atoms with van der Waals surface area (Å²) in [6, 6.07) is 13.2. The van der Waals surface area contributed by atoms with Gasteiger partial charge in [0, 0.05) is 45.1 Å². The van der Waals surface area contributed by atoms with E-state index in [-0.39, 0.29) is 16.3 Å². The molecule has 1 fully saturated rings. The molecule has 2 aromatic carbocycles. The third-order valence-electron chi connectivity index (χ3n) is 7.31. The van der Waals surface area contributed by atoms with Gasteiger partial charge in [0.15, 0.2) is 5.52 Å². The number of alkyl halides is 1. The average Bonchev–Trinajstić information content (AvgIpc) is 3.29. The minimum atomic E-state index is -3.79. The lowest BCUT2D eigenvalue weighted by atomic mass is 10.1. The maximum absolute atomic E-state index is 13.8. The van der Waals surface area contributed by atoms with Crippen LogP contribution in [0.4, 0.5) is 0 Å². The second kappa shape index (κ2) is 12.4. The zero-order valence-electron chi connectivity index (χ0n) is 23.6. The molecule has 0 amide bonds. The van der Waals surface area contributed by atoms with Gasteiger partial charge in [-0.25, -0.2) is 13.4 Å². The number of fused-ring (bicyclic) bond motifs is 1. The van der Waals surface area contributed by atoms with E-state index in [2.05, 4.69) is 55.2 Å². The average molecular weight is 644 g/mol. The molecule has 5 rings (SSSR count). The first-order chi connectivity index (χ1) is 19.7. The highest BCUT2D eigenvalue weighted by molar-refractivity contribution is 9.08. The lowest BCUT2D eigenvalue weighted by Gasteiger charge is -2.34. The lowest BCUT2D eigenvalue weighted by molar-refractivity contribution is 0.181. The highest BCUT2D eigenvalue weighted by atomic mass is 79.9. The summed E-state index contributed by atoms with van der Waals surface area (Å²) in [7, 11) is -2.07. The summed E-state index contributed by atoms with van der Waals surface area (Å²) >= 11 is 3.47. The van der Waals surface area contributed by atoms with Crippen LogP contribution in [0.2, 0.25) is 0 Å². The summed E-state index contributed by atoms with van der Waals surface area (Å²) in [5.74, 6) is 0.703. The second-order valence-electron chi connectivity index (χ2n) is 10.2. The Morgan fingerprint density at radius 3 is 2.39 bits per heavy atom. The molecule has 1 aliphatic heterocycles. The van der Waals surface area contributed by atoms with E-state index in [0.717, 1.165) is 24.0 Å². The summed E-state index contributed by atoms with van der Waals surface area (Å²) in [5, 5.41) is 5.31. The van der Waals surface area contributed by atoms with Gasteiger partial charge in [-0.15, -0.1) is 0 Å². The van der Waals surface area contributed by atoms with Gasteiger partial charge in [0.2, 0.25) is 10.0 Å². The molecule has 3 heterocycles. The first kappa shape index (κ1) is 29.4. The van der Waals surface area contributed by atoms with Crippen molar-refractivity contribution in [1.29, 1.82) is 0 Å². The van der Waals surface area contributed by atoms with Crippen LogP contribution in [0.3, 0.4) is 0 Å². The highest BCUT2D eigenvalue weighted by Crippen LogP contribution is 2.32. The molecule has 1 aliphatic rings. The molecule has 0 bridgehead atoms. The minimum absolute atomic E-state index is 0.137. The van der Waals surface area contributed by atoms with Crippen molar-refractivity contribution < 1.29 is 13.2 Å². The zero-order chi connectivity index (χ0) is 29.1. The van der Waals surface area contributed by atoms with Crippen LogP contribution in [0, 0.1) is 0 Å². The van der Waals surface area contributed by atoms with E-state index in [1.165, 1.54) is 20.1 Å². The predicted octanol–water partition coefficient (Wildman–Crippen LogP) is 4.08. The molecular weight excluding hydrogens is 608 g/mol. The number of halogens is 1. The van der Waals surface area contributed by atoms with Crippen LogP contribution in [0.25, 0.3) is 22.4 Å². The molecule has 41 heavy (non-hydrogen) atoms. The molecule has 218 valence electrons. The Kier molecular flexibility index (Phi) is 8.93. The van der Waals surface area contributed by atoms with Gasteiger partial charge in [-0.1, -0.05) is 53.5 Å². The van der Waals surface area contributed by atoms with Gasteiger partial charge in [0.25, 0.3) is 5.56 Å². The summed E-state index contributed by atoms with van der Waals surface area (Å²) in [5.41, 5.74) is 4.14. The first-order valence-corrected chi connectivity index (χ1v) is 16.4. The molecule has 1 N–H and O–H groups in total. The van der Waals surface area contributed by atoms with Gasteiger partial charge < -0.3 is 9.72 Å². The number of piperazine rings is 1. The van der Waals surface area contributed by atoms with Crippen LogP contribution >= 0.6 is 15.9 Å². The smallest absolute Gasteiger partial charge is 0.277 e. The number of ether oxygens (including phenoxy) is 1. The van der Waals surface area contributed by atoms with Crippen LogP contribution in [0.15, 0.2) is 52.2 Å². The fraction of sp³-hybridized carbons (Fsp3) is 0.414. The number of aromatic nitrogens is 4. The van der Waals surface area contributed by atoms with Crippen LogP contribution in [-0.4, -0.2) is 70.2 Å². The Bertz CT molecular complexity index is 1690. The second-order valence-corrected chi connectivity index (χ2v) is 12.7. The molecule has 0 saturated carbocycles. The SMILES string of the molecule is CCCc1nn(C)c2c(=O)[nH]c(-c3cc(S(=O)(=O)N4CCN(Cc5ccc(CBr)cc5)CC4)ccc3OCC)nc12. The van der Waals surface area contributed by atoms with Crippen LogP contribution in [0.5, 0.6) is 5.75 Å². The Labute approximate surface area is 248 Å². The third kappa shape index (κ3) is 6.11. The maximum Gasteiger partial charge on any atom is 0.277 e. The zero-order valence-corrected chi connectivity index (χ0v) is 26.0. The van der Waals surface area contributed by atoms with Crippen molar-refractivity contribution in [3.05, 3.63) is 69.6 Å². The normalized spacial score (nSPS) is 15.0. The van der Waals surface area contributed by atoms with E-state index in [4.69, 9.17) is 9.72 Å². The molecule has 0 aliphatic carbocycles. The maximum atomic E-state index is 13.8. The largest absolute Gasteiger partial charge is 0.493 e. The molecule has 0 unspecified atom stereocenters. The number of aryl methyl sites for hydroxylation is 2. The van der Waals surface area contributed by atoms with E-state index in [0.29, 0.717) is 61.6 Å². The Hall–Kier alpha value is -3.06. The van der Waals surface area contributed by atoms with Crippen molar-refractivity contribution >= 4 is 37.0 Å². The quantitative estimate of drug-likeness (QED) is 0.259. The molecular formula is C29H35BrN6O4S. The number of hydrogen-bond acceptors (Lipinski definition) is 7. The van der Waals surface area contributed by atoms with E-state index >= 15 is 0 Å². The molecule has 0 atom stereocenters. The van der Waals surface area contributed by atoms with Crippen LogP contribution < -0.4 is 10.3 Å². The summed E-state index contributed by atoms with van der Waals surface area (Å²) in [4.78, 5) is 23.1. The number of nitrogens with zero attached hydrogens (tertiary/aromatic N) is 5. The van der Waals surface area contributed by atoms with E-state index in [1.807, 2.05) is 13.8 Å². The number of benzene rings is 2. The molecule has 1 saturated heterocycles. The highest BCUT2D eigenvalue weighted by Gasteiger charge is 2.30. The Morgan fingerprint density at radius 1 is 1.02 bits per heavy atom. The monoisotopic (exact) mass is 642 g/mol. The number of hydrogen-bond donors (Lipinski definition) is 1. The molecule has 2 aromatic heterocycles. The molecule has 10 nitrogen and oxygen atoms in total. The standard InChI is InChI=1S/C29H35BrN6O4S/c1-4-6-24-26-27(34(3)33-24)29(37)32-28(31-26)23-17-22(11-12-25(23)40-5-2)41(38,39)36-15-13-35(14-16-36)19-21-9-7-20(18-30)8-10-21/h7-12,17H,4-6,13-16,18-19H2,1-3H3,(H,31,32,37). The van der Waals surface area contributed by atoms with Gasteiger partial charge in [-0.05, 0) is 42.7 Å². The number of aromatic amines is 1. The van der Waals surface area contributed by atoms with Gasteiger partial charge in [0.1, 0.15) is 17.1 Å². The van der Waals surface area contributed by atoms with Gasteiger partial charge in [-0.2, -0.15) is 9.40 Å². The van der Waals surface area contributed by atoms with Gasteiger partial charge in [0.05, 0.1) is 22.8 Å². The number of nitrogens with one attached hydrogen (secondary N) is 1. The first-order valence-electron chi connectivity index (χ1n) is 13.8. The van der Waals surface area contributed by atoms with Crippen molar-refractivity contribution in [1.82, 2.24) is 29.0 Å². The van der Waals surface area contributed by atoms with Crippen molar-refractivity contribution in [2.24, 2.45) is 7.05 Å². The molecule has 0 spiro atoms. The van der Waals surface area contributed by atoms with E-state index < -0.39 is 10.0 Å².